The molecule has 1 aromatic carbocycles. The number of hydrogen-bond donors (Lipinski definition) is 0. The molecule has 1 aromatic heterocycles. The van der Waals surface area contributed by atoms with E-state index in [9.17, 15) is 9.59 Å². The SMILES string of the molecule is O=C(OC#CC#COC(=O)c1ccncc1)c1ccccc1. The first-order chi connectivity index (χ1) is 10.8. The van der Waals surface area contributed by atoms with Crippen LogP contribution >= 0.6 is 0 Å². The summed E-state index contributed by atoms with van der Waals surface area (Å²) in [6.07, 6.45) is 7.17. The second-order valence-corrected chi connectivity index (χ2v) is 3.84. The van der Waals surface area contributed by atoms with Gasteiger partial charge in [-0.25, -0.2) is 9.59 Å². The summed E-state index contributed by atoms with van der Waals surface area (Å²) in [7, 11) is 0. The summed E-state index contributed by atoms with van der Waals surface area (Å²) in [4.78, 5) is 26.8. The summed E-state index contributed by atoms with van der Waals surface area (Å²) in [5, 5.41) is 0. The summed E-state index contributed by atoms with van der Waals surface area (Å²) < 4.78 is 9.32. The Morgan fingerprint density at radius 1 is 0.773 bits per heavy atom. The van der Waals surface area contributed by atoms with Gasteiger partial charge in [0.15, 0.2) is 0 Å². The molecule has 0 aliphatic carbocycles. The van der Waals surface area contributed by atoms with E-state index in [2.05, 4.69) is 38.5 Å². The third-order valence-corrected chi connectivity index (χ3v) is 2.38. The molecule has 0 saturated carbocycles. The quantitative estimate of drug-likeness (QED) is 0.625. The number of nitrogens with zero attached hydrogens (tertiary/aromatic N) is 1. The van der Waals surface area contributed by atoms with Crippen LogP contribution in [0.1, 0.15) is 20.7 Å². The number of ether oxygens (including phenoxy) is 2. The molecular formula is C17H9NO4. The molecule has 1 heterocycles. The zero-order valence-electron chi connectivity index (χ0n) is 11.3. The number of carbonyl (C=O) groups is 2. The van der Waals surface area contributed by atoms with Crippen LogP contribution < -0.4 is 0 Å². The van der Waals surface area contributed by atoms with Crippen LogP contribution in [0.2, 0.25) is 0 Å². The molecule has 0 radical (unpaired) electrons. The predicted octanol–water partition coefficient (Wildman–Crippen LogP) is 2.02. The zero-order valence-corrected chi connectivity index (χ0v) is 11.3. The van der Waals surface area contributed by atoms with Crippen molar-refractivity contribution in [2.75, 3.05) is 0 Å². The van der Waals surface area contributed by atoms with Gasteiger partial charge in [-0.2, -0.15) is 0 Å². The maximum atomic E-state index is 11.5. The highest BCUT2D eigenvalue weighted by molar-refractivity contribution is 5.90. The Balaban J connectivity index is 1.82. The highest BCUT2D eigenvalue weighted by Crippen LogP contribution is 2.00. The largest absolute Gasteiger partial charge is 0.367 e. The fourth-order valence-electron chi connectivity index (χ4n) is 1.37. The lowest BCUT2D eigenvalue weighted by Gasteiger charge is -1.94. The van der Waals surface area contributed by atoms with E-state index in [1.165, 1.54) is 24.5 Å². The summed E-state index contributed by atoms with van der Waals surface area (Å²) in [5.74, 6) is 3.30. The monoisotopic (exact) mass is 291 g/mol. The number of benzene rings is 1. The van der Waals surface area contributed by atoms with E-state index in [1.54, 1.807) is 30.3 Å². The minimum absolute atomic E-state index is 0.327. The van der Waals surface area contributed by atoms with Crippen molar-refractivity contribution in [2.24, 2.45) is 0 Å². The molecular weight excluding hydrogens is 282 g/mol. The van der Waals surface area contributed by atoms with Crippen molar-refractivity contribution >= 4 is 11.9 Å². The average Bonchev–Trinajstić information content (AvgIpc) is 2.59. The third-order valence-electron chi connectivity index (χ3n) is 2.38. The number of esters is 2. The lowest BCUT2D eigenvalue weighted by molar-refractivity contribution is 0.0680. The van der Waals surface area contributed by atoms with Gasteiger partial charge in [0.2, 0.25) is 0 Å². The first-order valence-electron chi connectivity index (χ1n) is 6.15. The van der Waals surface area contributed by atoms with Crippen LogP contribution in [0.15, 0.2) is 54.9 Å². The van der Waals surface area contributed by atoms with Crippen molar-refractivity contribution in [3.63, 3.8) is 0 Å². The third kappa shape index (κ3) is 4.52. The van der Waals surface area contributed by atoms with Gasteiger partial charge in [0.05, 0.1) is 11.1 Å². The molecule has 2 rings (SSSR count). The second kappa shape index (κ2) is 7.88. The van der Waals surface area contributed by atoms with Crippen LogP contribution in [-0.2, 0) is 9.47 Å². The molecule has 0 aliphatic heterocycles. The van der Waals surface area contributed by atoms with Gasteiger partial charge in [0.25, 0.3) is 0 Å². The molecule has 5 nitrogen and oxygen atoms in total. The Morgan fingerprint density at radius 2 is 1.27 bits per heavy atom. The molecule has 0 aliphatic rings. The molecule has 2 aromatic rings. The standard InChI is InChI=1S/C17H9NO4/c19-16(14-6-2-1-3-7-14)21-12-4-5-13-22-17(20)15-8-10-18-11-9-15/h1-3,6-11H. The van der Waals surface area contributed by atoms with Gasteiger partial charge in [0.1, 0.15) is 12.2 Å². The molecule has 0 saturated heterocycles. The predicted molar refractivity (Wildman–Crippen MR) is 77.1 cm³/mol. The van der Waals surface area contributed by atoms with Gasteiger partial charge in [-0.1, -0.05) is 18.2 Å². The highest BCUT2D eigenvalue weighted by atomic mass is 16.5. The van der Waals surface area contributed by atoms with E-state index in [0.717, 1.165) is 0 Å². The van der Waals surface area contributed by atoms with Gasteiger partial charge in [-0.05, 0) is 24.3 Å². The van der Waals surface area contributed by atoms with Gasteiger partial charge in [0, 0.05) is 24.2 Å². The molecule has 5 heteroatoms. The Hall–Kier alpha value is -3.57. The van der Waals surface area contributed by atoms with Crippen molar-refractivity contribution in [3.05, 3.63) is 66.0 Å². The molecule has 22 heavy (non-hydrogen) atoms. The van der Waals surface area contributed by atoms with E-state index >= 15 is 0 Å². The molecule has 106 valence electrons. The van der Waals surface area contributed by atoms with Crippen molar-refractivity contribution in [3.8, 4) is 24.1 Å². The summed E-state index contributed by atoms with van der Waals surface area (Å²) in [6.45, 7) is 0. The van der Waals surface area contributed by atoms with Crippen LogP contribution in [-0.4, -0.2) is 16.9 Å². The van der Waals surface area contributed by atoms with Crippen molar-refractivity contribution < 1.29 is 19.1 Å². The van der Waals surface area contributed by atoms with Crippen LogP contribution in [0.4, 0.5) is 0 Å². The fraction of sp³-hybridized carbons (Fsp3) is 0. The normalized spacial score (nSPS) is 8.55. The van der Waals surface area contributed by atoms with Gasteiger partial charge >= 0.3 is 11.9 Å². The molecule has 0 unspecified atom stereocenters. The molecule has 0 amide bonds. The molecule has 0 N–H and O–H groups in total. The van der Waals surface area contributed by atoms with Crippen molar-refractivity contribution in [2.45, 2.75) is 0 Å². The van der Waals surface area contributed by atoms with Gasteiger partial charge in [-0.3, -0.25) is 4.98 Å². The fourth-order valence-corrected chi connectivity index (χ4v) is 1.37. The van der Waals surface area contributed by atoms with Crippen LogP contribution in [0.5, 0.6) is 0 Å². The molecule has 0 fully saturated rings. The van der Waals surface area contributed by atoms with E-state index in [-0.39, 0.29) is 0 Å². The number of aromatic nitrogens is 1. The van der Waals surface area contributed by atoms with E-state index in [1.807, 2.05) is 0 Å². The van der Waals surface area contributed by atoms with E-state index < -0.39 is 11.9 Å². The summed E-state index contributed by atoms with van der Waals surface area (Å²) >= 11 is 0. The Morgan fingerprint density at radius 3 is 1.82 bits per heavy atom. The zero-order chi connectivity index (χ0) is 15.6. The first kappa shape index (κ1) is 14.8. The maximum absolute atomic E-state index is 11.5. The van der Waals surface area contributed by atoms with E-state index in [4.69, 9.17) is 0 Å². The molecule has 0 atom stereocenters. The average molecular weight is 291 g/mol. The Labute approximate surface area is 126 Å². The molecule has 0 spiro atoms. The van der Waals surface area contributed by atoms with Crippen molar-refractivity contribution in [1.29, 1.82) is 0 Å². The Bertz CT molecular complexity index is 708. The smallest absolute Gasteiger partial charge is 0.352 e. The molecule has 0 bridgehead atoms. The van der Waals surface area contributed by atoms with Crippen LogP contribution in [0.3, 0.4) is 0 Å². The summed E-state index contributed by atoms with van der Waals surface area (Å²) in [5.41, 5.74) is 0.710. The number of carbonyl (C=O) groups excluding carboxylic acids is 2. The number of hydrogen-bond acceptors (Lipinski definition) is 5. The van der Waals surface area contributed by atoms with Crippen LogP contribution in [0.25, 0.3) is 0 Å². The highest BCUT2D eigenvalue weighted by Gasteiger charge is 2.04. The second-order valence-electron chi connectivity index (χ2n) is 3.84. The van der Waals surface area contributed by atoms with Gasteiger partial charge < -0.3 is 9.47 Å². The number of rotatable bonds is 2. The van der Waals surface area contributed by atoms with Crippen LogP contribution in [0, 0.1) is 24.1 Å². The lowest BCUT2D eigenvalue weighted by atomic mass is 10.2. The Kier molecular flexibility index (Phi) is 5.31. The number of pyridine rings is 1. The lowest BCUT2D eigenvalue weighted by Crippen LogP contribution is -2.00. The van der Waals surface area contributed by atoms with E-state index in [0.29, 0.717) is 11.1 Å². The maximum Gasteiger partial charge on any atom is 0.352 e. The minimum atomic E-state index is -0.613. The van der Waals surface area contributed by atoms with Crippen molar-refractivity contribution in [1.82, 2.24) is 4.98 Å². The topological polar surface area (TPSA) is 65.5 Å². The first-order valence-corrected chi connectivity index (χ1v) is 6.15. The van der Waals surface area contributed by atoms with Gasteiger partial charge in [-0.15, -0.1) is 0 Å². The minimum Gasteiger partial charge on any atom is -0.367 e. The summed E-state index contributed by atoms with van der Waals surface area (Å²) in [6, 6.07) is 11.4.